The molecule has 0 aromatic heterocycles. The maximum atomic E-state index is 5.93. The van der Waals surface area contributed by atoms with E-state index in [0.29, 0.717) is 34.9 Å². The summed E-state index contributed by atoms with van der Waals surface area (Å²) in [6.07, 6.45) is 7.16. The standard InChI is InChI=1S/C18H33NO/c1-12(2)15-10-14(7-9-20-15)19-16-17(3,4)13-6-8-18(16,5)11-13/h12-16,19H,6-11H2,1-5H3. The Hall–Kier alpha value is -0.0800. The molecule has 0 radical (unpaired) electrons. The van der Waals surface area contributed by atoms with Crippen molar-refractivity contribution in [2.75, 3.05) is 6.61 Å². The highest BCUT2D eigenvalue weighted by Gasteiger charge is 2.59. The summed E-state index contributed by atoms with van der Waals surface area (Å²) in [6, 6.07) is 1.36. The quantitative estimate of drug-likeness (QED) is 0.843. The summed E-state index contributed by atoms with van der Waals surface area (Å²) in [5, 5.41) is 4.08. The zero-order valence-corrected chi connectivity index (χ0v) is 14.0. The van der Waals surface area contributed by atoms with Gasteiger partial charge in [0.2, 0.25) is 0 Å². The highest BCUT2D eigenvalue weighted by molar-refractivity contribution is 5.12. The third-order valence-electron chi connectivity index (χ3n) is 6.73. The lowest BCUT2D eigenvalue weighted by molar-refractivity contribution is -0.0332. The highest BCUT2D eigenvalue weighted by atomic mass is 16.5. The third-order valence-corrected chi connectivity index (χ3v) is 6.73. The van der Waals surface area contributed by atoms with Crippen molar-refractivity contribution in [2.45, 2.75) is 84.9 Å². The second kappa shape index (κ2) is 4.98. The second-order valence-electron chi connectivity index (χ2n) is 8.89. The van der Waals surface area contributed by atoms with Crippen LogP contribution in [0.1, 0.15) is 66.7 Å². The smallest absolute Gasteiger partial charge is 0.0612 e. The average Bonchev–Trinajstić information content (AvgIpc) is 2.86. The van der Waals surface area contributed by atoms with Crippen molar-refractivity contribution in [2.24, 2.45) is 22.7 Å². The molecule has 20 heavy (non-hydrogen) atoms. The molecule has 116 valence electrons. The van der Waals surface area contributed by atoms with E-state index in [0.717, 1.165) is 12.5 Å². The lowest BCUT2D eigenvalue weighted by Gasteiger charge is -2.46. The molecule has 3 aliphatic rings. The van der Waals surface area contributed by atoms with Crippen LogP contribution in [-0.2, 0) is 4.74 Å². The molecule has 2 heteroatoms. The fourth-order valence-electron chi connectivity index (χ4n) is 5.40. The van der Waals surface area contributed by atoms with Crippen LogP contribution in [0.2, 0.25) is 0 Å². The van der Waals surface area contributed by atoms with E-state index in [9.17, 15) is 0 Å². The van der Waals surface area contributed by atoms with Gasteiger partial charge in [-0.05, 0) is 54.8 Å². The predicted octanol–water partition coefficient (Wildman–Crippen LogP) is 3.99. The van der Waals surface area contributed by atoms with Crippen LogP contribution < -0.4 is 5.32 Å². The first kappa shape index (κ1) is 14.8. The summed E-state index contributed by atoms with van der Waals surface area (Å²) in [7, 11) is 0. The Kier molecular flexibility index (Phi) is 3.70. The van der Waals surface area contributed by atoms with E-state index >= 15 is 0 Å². The molecule has 3 rings (SSSR count). The SMILES string of the molecule is CC(C)C1CC(NC2C3(C)CCC(C3)C2(C)C)CCO1. The van der Waals surface area contributed by atoms with Crippen molar-refractivity contribution in [1.29, 1.82) is 0 Å². The van der Waals surface area contributed by atoms with Gasteiger partial charge in [-0.15, -0.1) is 0 Å². The lowest BCUT2D eigenvalue weighted by Crippen LogP contribution is -2.55. The molecule has 0 spiro atoms. The Labute approximate surface area is 125 Å². The van der Waals surface area contributed by atoms with Crippen LogP contribution >= 0.6 is 0 Å². The minimum Gasteiger partial charge on any atom is -0.378 e. The van der Waals surface area contributed by atoms with E-state index in [4.69, 9.17) is 4.74 Å². The first-order valence-corrected chi connectivity index (χ1v) is 8.70. The second-order valence-corrected chi connectivity index (χ2v) is 8.89. The summed E-state index contributed by atoms with van der Waals surface area (Å²) in [5.74, 6) is 1.58. The highest BCUT2D eigenvalue weighted by Crippen LogP contribution is 2.62. The Morgan fingerprint density at radius 3 is 2.50 bits per heavy atom. The van der Waals surface area contributed by atoms with Gasteiger partial charge in [0.1, 0.15) is 0 Å². The van der Waals surface area contributed by atoms with Gasteiger partial charge in [0, 0.05) is 18.7 Å². The normalized spacial score (nSPS) is 47.1. The fraction of sp³-hybridized carbons (Fsp3) is 1.00. The molecule has 0 aromatic rings. The molecule has 1 heterocycles. The van der Waals surface area contributed by atoms with Crippen LogP contribution in [0.4, 0.5) is 0 Å². The third kappa shape index (κ3) is 2.33. The molecule has 1 aliphatic heterocycles. The Morgan fingerprint density at radius 2 is 1.90 bits per heavy atom. The average molecular weight is 279 g/mol. The van der Waals surface area contributed by atoms with Gasteiger partial charge in [-0.2, -0.15) is 0 Å². The van der Waals surface area contributed by atoms with Crippen LogP contribution in [0.5, 0.6) is 0 Å². The molecule has 2 saturated carbocycles. The summed E-state index contributed by atoms with van der Waals surface area (Å²) >= 11 is 0. The number of rotatable bonds is 3. The van der Waals surface area contributed by atoms with Gasteiger partial charge in [-0.3, -0.25) is 0 Å². The molecule has 5 atom stereocenters. The van der Waals surface area contributed by atoms with Crippen LogP contribution in [0.25, 0.3) is 0 Å². The molecule has 5 unspecified atom stereocenters. The monoisotopic (exact) mass is 279 g/mol. The Balaban J connectivity index is 1.68. The molecule has 1 N–H and O–H groups in total. The largest absolute Gasteiger partial charge is 0.378 e. The van der Waals surface area contributed by atoms with Gasteiger partial charge in [0.15, 0.2) is 0 Å². The van der Waals surface area contributed by atoms with Crippen LogP contribution in [0, 0.1) is 22.7 Å². The molecule has 1 saturated heterocycles. The maximum absolute atomic E-state index is 5.93. The van der Waals surface area contributed by atoms with E-state index in [1.54, 1.807) is 0 Å². The van der Waals surface area contributed by atoms with Crippen molar-refractivity contribution in [3.63, 3.8) is 0 Å². The van der Waals surface area contributed by atoms with Gasteiger partial charge < -0.3 is 10.1 Å². The zero-order chi connectivity index (χ0) is 14.5. The molecule has 3 fully saturated rings. The number of hydrogen-bond donors (Lipinski definition) is 1. The molecular weight excluding hydrogens is 246 g/mol. The van der Waals surface area contributed by atoms with Gasteiger partial charge in [-0.1, -0.05) is 34.6 Å². The zero-order valence-electron chi connectivity index (χ0n) is 14.0. The molecular formula is C18H33NO. The summed E-state index contributed by atoms with van der Waals surface area (Å²) in [4.78, 5) is 0. The Bertz CT molecular complexity index is 360. The first-order chi connectivity index (χ1) is 9.33. The molecule has 0 amide bonds. The number of hydrogen-bond acceptors (Lipinski definition) is 2. The topological polar surface area (TPSA) is 21.3 Å². The van der Waals surface area contributed by atoms with Crippen molar-refractivity contribution >= 4 is 0 Å². The van der Waals surface area contributed by atoms with E-state index in [-0.39, 0.29) is 0 Å². The van der Waals surface area contributed by atoms with E-state index in [2.05, 4.69) is 39.9 Å². The maximum Gasteiger partial charge on any atom is 0.0612 e. The summed E-state index contributed by atoms with van der Waals surface area (Å²) in [6.45, 7) is 13.0. The predicted molar refractivity (Wildman–Crippen MR) is 83.8 cm³/mol. The van der Waals surface area contributed by atoms with Gasteiger partial charge in [0.05, 0.1) is 6.10 Å². The minimum atomic E-state index is 0.454. The molecule has 2 nitrogen and oxygen atoms in total. The molecule has 2 aliphatic carbocycles. The Morgan fingerprint density at radius 1 is 1.15 bits per heavy atom. The van der Waals surface area contributed by atoms with Gasteiger partial charge in [0.25, 0.3) is 0 Å². The summed E-state index contributed by atoms with van der Waals surface area (Å²) in [5.41, 5.74) is 1.01. The van der Waals surface area contributed by atoms with Crippen LogP contribution in [-0.4, -0.2) is 24.8 Å². The van der Waals surface area contributed by atoms with E-state index in [1.165, 1.54) is 32.1 Å². The van der Waals surface area contributed by atoms with E-state index < -0.39 is 0 Å². The fourth-order valence-corrected chi connectivity index (χ4v) is 5.40. The number of ether oxygens (including phenoxy) is 1. The summed E-state index contributed by atoms with van der Waals surface area (Å²) < 4.78 is 5.93. The van der Waals surface area contributed by atoms with Crippen molar-refractivity contribution in [3.05, 3.63) is 0 Å². The number of nitrogens with one attached hydrogen (secondary N) is 1. The van der Waals surface area contributed by atoms with Crippen LogP contribution in [0.3, 0.4) is 0 Å². The minimum absolute atomic E-state index is 0.454. The van der Waals surface area contributed by atoms with Crippen molar-refractivity contribution in [1.82, 2.24) is 5.32 Å². The van der Waals surface area contributed by atoms with Crippen LogP contribution in [0.15, 0.2) is 0 Å². The number of fused-ring (bicyclic) bond motifs is 2. The lowest BCUT2D eigenvalue weighted by atomic mass is 9.68. The molecule has 2 bridgehead atoms. The van der Waals surface area contributed by atoms with Crippen molar-refractivity contribution in [3.8, 4) is 0 Å². The van der Waals surface area contributed by atoms with Gasteiger partial charge >= 0.3 is 0 Å². The van der Waals surface area contributed by atoms with E-state index in [1.807, 2.05) is 0 Å². The molecule has 0 aromatic carbocycles. The van der Waals surface area contributed by atoms with Crippen molar-refractivity contribution < 1.29 is 4.74 Å². The van der Waals surface area contributed by atoms with Gasteiger partial charge in [-0.25, -0.2) is 0 Å². The first-order valence-electron chi connectivity index (χ1n) is 8.70.